The van der Waals surface area contributed by atoms with Crippen LogP contribution in [0.1, 0.15) is 68.5 Å². The fourth-order valence-corrected chi connectivity index (χ4v) is 2.91. The van der Waals surface area contributed by atoms with Crippen molar-refractivity contribution in [3.05, 3.63) is 23.0 Å². The van der Waals surface area contributed by atoms with Gasteiger partial charge in [0.05, 0.1) is 14.0 Å². The van der Waals surface area contributed by atoms with Crippen LogP contribution in [0.15, 0.2) is 23.0 Å². The number of rotatable bonds is 10. The number of carbonyl (C=O) groups excluding carboxylic acids is 1. The third kappa shape index (κ3) is 4.90. The standard InChI is InChI=1S/C18H32N2O/c1-5-7-9-11-17-16(10-8-6-2)14-20(12-13-21)15(3)18(17)19-4/h13-15,19H,5-12H2,1-4H3/i13T,14T. The highest BCUT2D eigenvalue weighted by Gasteiger charge is 2.25. The van der Waals surface area contributed by atoms with Crippen LogP contribution in [-0.2, 0) is 4.79 Å². The van der Waals surface area contributed by atoms with Crippen LogP contribution in [0.3, 0.4) is 0 Å². The molecule has 1 rings (SSSR count). The Morgan fingerprint density at radius 1 is 1.33 bits per heavy atom. The molecule has 3 heteroatoms. The molecule has 120 valence electrons. The number of allylic oxidation sites excluding steroid dienone is 2. The molecule has 1 unspecified atom stereocenters. The zero-order valence-corrected chi connectivity index (χ0v) is 14.1. The number of likely N-dealkylation sites (N-methyl/N-ethyl adjacent to an activating group) is 1. The van der Waals surface area contributed by atoms with Crippen molar-refractivity contribution in [1.82, 2.24) is 10.2 Å². The molecule has 0 aromatic carbocycles. The average molecular weight is 296 g/mol. The van der Waals surface area contributed by atoms with E-state index in [1.54, 1.807) is 4.90 Å². The summed E-state index contributed by atoms with van der Waals surface area (Å²) >= 11 is 0. The van der Waals surface area contributed by atoms with E-state index in [0.717, 1.165) is 43.4 Å². The molecule has 21 heavy (non-hydrogen) atoms. The summed E-state index contributed by atoms with van der Waals surface area (Å²) in [5.74, 6) is 0. The van der Waals surface area contributed by atoms with E-state index >= 15 is 0 Å². The molecule has 3 nitrogen and oxygen atoms in total. The Morgan fingerprint density at radius 2 is 2.05 bits per heavy atom. The van der Waals surface area contributed by atoms with E-state index in [1.807, 2.05) is 14.0 Å². The van der Waals surface area contributed by atoms with Gasteiger partial charge in [-0.3, -0.25) is 0 Å². The molecule has 0 radical (unpaired) electrons. The quantitative estimate of drug-likeness (QED) is 0.488. The minimum Gasteiger partial charge on any atom is -0.390 e. The summed E-state index contributed by atoms with van der Waals surface area (Å²) in [5.41, 5.74) is 3.44. The maximum Gasteiger partial charge on any atom is 0.139 e. The van der Waals surface area contributed by atoms with Gasteiger partial charge in [0, 0.05) is 18.9 Å². The Balaban J connectivity index is 3.19. The molecule has 0 bridgehead atoms. The third-order valence-electron chi connectivity index (χ3n) is 4.17. The lowest BCUT2D eigenvalue weighted by atomic mass is 9.89. The molecule has 0 aliphatic carbocycles. The molecule has 1 N–H and O–H groups in total. The zero-order chi connectivity index (χ0) is 17.4. The van der Waals surface area contributed by atoms with Gasteiger partial charge in [-0.25, -0.2) is 0 Å². The Kier molecular flexibility index (Phi) is 6.74. The molecule has 1 aliphatic rings. The van der Waals surface area contributed by atoms with Crippen LogP contribution in [0.4, 0.5) is 0 Å². The number of hydrogen-bond donors (Lipinski definition) is 1. The van der Waals surface area contributed by atoms with Gasteiger partial charge >= 0.3 is 0 Å². The van der Waals surface area contributed by atoms with Crippen LogP contribution in [0.2, 0.25) is 0 Å². The summed E-state index contributed by atoms with van der Waals surface area (Å²) in [5, 5.41) is 3.31. The van der Waals surface area contributed by atoms with Crippen molar-refractivity contribution in [1.29, 1.82) is 0 Å². The first-order chi connectivity index (χ1) is 11.0. The molecule has 0 fully saturated rings. The number of nitrogens with one attached hydrogen (secondary N) is 1. The molecular formula is C18H32N2O. The molecule has 1 atom stereocenters. The largest absolute Gasteiger partial charge is 0.390 e. The molecule has 0 amide bonds. The molecule has 0 saturated carbocycles. The molecule has 0 saturated heterocycles. The Morgan fingerprint density at radius 3 is 2.62 bits per heavy atom. The van der Waals surface area contributed by atoms with Crippen molar-refractivity contribution in [2.24, 2.45) is 0 Å². The first kappa shape index (κ1) is 14.7. The monoisotopic (exact) mass is 296 g/mol. The molecular weight excluding hydrogens is 260 g/mol. The SMILES string of the molecule is [3H]C(=O)CN1C([3H])=C(CCCC)C(CCCCC)=C(NC)C1C. The predicted octanol–water partition coefficient (Wildman–Crippen LogP) is 4.02. The average Bonchev–Trinajstić information content (AvgIpc) is 2.51. The zero-order valence-electron chi connectivity index (χ0n) is 16.1. The lowest BCUT2D eigenvalue weighted by Crippen LogP contribution is -2.39. The normalized spacial score (nSPS) is 20.6. The number of hydrogen-bond acceptors (Lipinski definition) is 3. The van der Waals surface area contributed by atoms with E-state index in [1.165, 1.54) is 18.4 Å². The van der Waals surface area contributed by atoms with Crippen molar-refractivity contribution in [2.45, 2.75) is 71.8 Å². The predicted molar refractivity (Wildman–Crippen MR) is 90.1 cm³/mol. The van der Waals surface area contributed by atoms with Crippen LogP contribution < -0.4 is 5.32 Å². The van der Waals surface area contributed by atoms with Crippen molar-refractivity contribution in [2.75, 3.05) is 13.6 Å². The smallest absolute Gasteiger partial charge is 0.139 e. The first-order valence-corrected chi connectivity index (χ1v) is 8.34. The fourth-order valence-electron chi connectivity index (χ4n) is 2.91. The summed E-state index contributed by atoms with van der Waals surface area (Å²) in [6, 6.07) is -0.0520. The Labute approximate surface area is 133 Å². The van der Waals surface area contributed by atoms with E-state index in [0.29, 0.717) is 6.18 Å². The van der Waals surface area contributed by atoms with Crippen LogP contribution in [0.25, 0.3) is 0 Å². The number of unbranched alkanes of at least 4 members (excludes halogenated alkanes) is 3. The molecule has 1 aliphatic heterocycles. The van der Waals surface area contributed by atoms with Gasteiger partial charge in [0.15, 0.2) is 0 Å². The summed E-state index contributed by atoms with van der Waals surface area (Å²) in [4.78, 5) is 13.1. The van der Waals surface area contributed by atoms with Crippen LogP contribution in [-0.4, -0.2) is 30.8 Å². The van der Waals surface area contributed by atoms with Gasteiger partial charge in [0.1, 0.15) is 7.63 Å². The van der Waals surface area contributed by atoms with E-state index in [4.69, 9.17) is 2.74 Å². The summed E-state index contributed by atoms with van der Waals surface area (Å²) < 4.78 is 15.9. The second kappa shape index (κ2) is 9.64. The summed E-state index contributed by atoms with van der Waals surface area (Å²) in [6.45, 7) is 6.35. The van der Waals surface area contributed by atoms with Crippen molar-refractivity contribution < 1.29 is 7.54 Å². The second-order valence-electron chi connectivity index (χ2n) is 5.74. The molecule has 0 aromatic heterocycles. The number of aldehydes is 1. The maximum atomic E-state index is 11.3. The Hall–Kier alpha value is -1.25. The molecule has 0 spiro atoms. The van der Waals surface area contributed by atoms with Crippen LogP contribution in [0.5, 0.6) is 0 Å². The van der Waals surface area contributed by atoms with Gasteiger partial charge in [0.25, 0.3) is 0 Å². The lowest BCUT2D eigenvalue weighted by molar-refractivity contribution is -0.108. The number of carbonyl (C=O) groups is 1. The highest BCUT2D eigenvalue weighted by molar-refractivity contribution is 5.53. The van der Waals surface area contributed by atoms with E-state index in [9.17, 15) is 4.79 Å². The lowest BCUT2D eigenvalue weighted by Gasteiger charge is -2.36. The minimum atomic E-state index is -0.638. The van der Waals surface area contributed by atoms with E-state index < -0.39 is 6.26 Å². The fraction of sp³-hybridized carbons (Fsp3) is 0.722. The van der Waals surface area contributed by atoms with E-state index in [-0.39, 0.29) is 12.6 Å². The van der Waals surface area contributed by atoms with Gasteiger partial charge in [-0.15, -0.1) is 0 Å². The van der Waals surface area contributed by atoms with Gasteiger partial charge < -0.3 is 15.0 Å². The summed E-state index contributed by atoms with van der Waals surface area (Å²) in [7, 11) is 1.92. The Bertz CT molecular complexity index is 472. The van der Waals surface area contributed by atoms with Crippen LogP contribution >= 0.6 is 0 Å². The van der Waals surface area contributed by atoms with Crippen LogP contribution in [0, 0.1) is 0 Å². The maximum absolute atomic E-state index is 11.3. The third-order valence-corrected chi connectivity index (χ3v) is 4.17. The minimum absolute atomic E-state index is 0.0109. The van der Waals surface area contributed by atoms with Gasteiger partial charge in [-0.2, -0.15) is 0 Å². The van der Waals surface area contributed by atoms with Gasteiger partial charge in [0.2, 0.25) is 0 Å². The van der Waals surface area contributed by atoms with Gasteiger partial charge in [-0.05, 0) is 43.8 Å². The van der Waals surface area contributed by atoms with Crippen molar-refractivity contribution >= 4 is 6.26 Å². The summed E-state index contributed by atoms with van der Waals surface area (Å²) in [6.07, 6.45) is 7.29. The highest BCUT2D eigenvalue weighted by atomic mass is 16.1. The highest BCUT2D eigenvalue weighted by Crippen LogP contribution is 2.32. The van der Waals surface area contributed by atoms with Gasteiger partial charge in [-0.1, -0.05) is 33.1 Å². The molecule has 1 heterocycles. The van der Waals surface area contributed by atoms with Crippen molar-refractivity contribution in [3.63, 3.8) is 0 Å². The van der Waals surface area contributed by atoms with Crippen molar-refractivity contribution in [3.8, 4) is 0 Å². The number of nitrogens with zero attached hydrogens (tertiary/aromatic N) is 1. The van der Waals surface area contributed by atoms with E-state index in [2.05, 4.69) is 19.2 Å². The first-order valence-electron chi connectivity index (χ1n) is 9.34. The second-order valence-corrected chi connectivity index (χ2v) is 5.74. The molecule has 0 aromatic rings. The topological polar surface area (TPSA) is 32.3 Å².